The molecule has 1 unspecified atom stereocenters. The van der Waals surface area contributed by atoms with Gasteiger partial charge in [-0.05, 0) is 34.1 Å². The highest BCUT2D eigenvalue weighted by atomic mass is 32.1. The van der Waals surface area contributed by atoms with Gasteiger partial charge in [0, 0.05) is 43.7 Å². The summed E-state index contributed by atoms with van der Waals surface area (Å²) >= 11 is 1.75. The molecular weight excluding hydrogens is 270 g/mol. The van der Waals surface area contributed by atoms with Crippen molar-refractivity contribution in [3.05, 3.63) is 16.1 Å². The van der Waals surface area contributed by atoms with Gasteiger partial charge in [0.05, 0.1) is 11.8 Å². The van der Waals surface area contributed by atoms with Crippen LogP contribution in [0, 0.1) is 0 Å². The SMILES string of the molecule is CC1CN(Cc2csc(CNC(C)(C)C)n2)CCCO1. The molecule has 0 saturated carbocycles. The summed E-state index contributed by atoms with van der Waals surface area (Å²) in [6.45, 7) is 13.5. The minimum absolute atomic E-state index is 0.142. The van der Waals surface area contributed by atoms with E-state index in [4.69, 9.17) is 9.72 Å². The summed E-state index contributed by atoms with van der Waals surface area (Å²) < 4.78 is 5.68. The second kappa shape index (κ2) is 6.98. The van der Waals surface area contributed by atoms with Crippen LogP contribution in [0.5, 0.6) is 0 Å². The third-order valence-electron chi connectivity index (χ3n) is 3.29. The van der Waals surface area contributed by atoms with Gasteiger partial charge in [0.15, 0.2) is 0 Å². The van der Waals surface area contributed by atoms with E-state index in [-0.39, 0.29) is 5.54 Å². The topological polar surface area (TPSA) is 37.4 Å². The molecule has 2 rings (SSSR count). The number of hydrogen-bond donors (Lipinski definition) is 1. The Morgan fingerprint density at radius 3 is 3.05 bits per heavy atom. The summed E-state index contributed by atoms with van der Waals surface area (Å²) in [5, 5.41) is 6.85. The van der Waals surface area contributed by atoms with Gasteiger partial charge in [-0.1, -0.05) is 0 Å². The van der Waals surface area contributed by atoms with E-state index < -0.39 is 0 Å². The third kappa shape index (κ3) is 5.48. The van der Waals surface area contributed by atoms with E-state index in [0.717, 1.165) is 39.2 Å². The van der Waals surface area contributed by atoms with Crippen LogP contribution < -0.4 is 5.32 Å². The smallest absolute Gasteiger partial charge is 0.107 e. The highest BCUT2D eigenvalue weighted by Crippen LogP contribution is 2.15. The van der Waals surface area contributed by atoms with E-state index in [0.29, 0.717) is 6.10 Å². The number of rotatable bonds is 4. The zero-order chi connectivity index (χ0) is 14.6. The fourth-order valence-electron chi connectivity index (χ4n) is 2.30. The van der Waals surface area contributed by atoms with Crippen molar-refractivity contribution in [2.24, 2.45) is 0 Å². The molecule has 0 bridgehead atoms. The van der Waals surface area contributed by atoms with Gasteiger partial charge in [0.1, 0.15) is 5.01 Å². The lowest BCUT2D eigenvalue weighted by atomic mass is 10.1. The van der Waals surface area contributed by atoms with Crippen molar-refractivity contribution in [3.63, 3.8) is 0 Å². The van der Waals surface area contributed by atoms with Crippen molar-refractivity contribution in [2.45, 2.75) is 58.8 Å². The van der Waals surface area contributed by atoms with Crippen LogP contribution in [0.3, 0.4) is 0 Å². The number of thiazole rings is 1. The largest absolute Gasteiger partial charge is 0.377 e. The molecule has 0 spiro atoms. The molecule has 20 heavy (non-hydrogen) atoms. The highest BCUT2D eigenvalue weighted by molar-refractivity contribution is 7.09. The monoisotopic (exact) mass is 297 g/mol. The van der Waals surface area contributed by atoms with Crippen molar-refractivity contribution in [2.75, 3.05) is 19.7 Å². The number of nitrogens with one attached hydrogen (secondary N) is 1. The lowest BCUT2D eigenvalue weighted by molar-refractivity contribution is 0.0666. The van der Waals surface area contributed by atoms with Crippen molar-refractivity contribution < 1.29 is 4.74 Å². The quantitative estimate of drug-likeness (QED) is 0.927. The van der Waals surface area contributed by atoms with E-state index in [1.54, 1.807) is 11.3 Å². The third-order valence-corrected chi connectivity index (χ3v) is 4.19. The molecule has 1 aliphatic heterocycles. The van der Waals surface area contributed by atoms with Gasteiger partial charge >= 0.3 is 0 Å². The van der Waals surface area contributed by atoms with Crippen LogP contribution in [0.4, 0.5) is 0 Å². The average Bonchev–Trinajstić information content (AvgIpc) is 2.69. The van der Waals surface area contributed by atoms with Crippen LogP contribution >= 0.6 is 11.3 Å². The van der Waals surface area contributed by atoms with Crippen LogP contribution in [0.2, 0.25) is 0 Å². The number of hydrogen-bond acceptors (Lipinski definition) is 5. The predicted octanol–water partition coefficient (Wildman–Crippen LogP) is 2.64. The fraction of sp³-hybridized carbons (Fsp3) is 0.800. The molecule has 0 amide bonds. The molecule has 2 heterocycles. The average molecular weight is 297 g/mol. The van der Waals surface area contributed by atoms with Crippen LogP contribution in [0.1, 0.15) is 44.8 Å². The van der Waals surface area contributed by atoms with Crippen molar-refractivity contribution >= 4 is 11.3 Å². The first-order chi connectivity index (χ1) is 9.42. The molecule has 1 atom stereocenters. The minimum Gasteiger partial charge on any atom is -0.377 e. The molecule has 1 N–H and O–H groups in total. The summed E-state index contributed by atoms with van der Waals surface area (Å²) in [6, 6.07) is 0. The van der Waals surface area contributed by atoms with Crippen molar-refractivity contribution in [1.29, 1.82) is 0 Å². The summed E-state index contributed by atoms with van der Waals surface area (Å²) in [6.07, 6.45) is 1.45. The van der Waals surface area contributed by atoms with Gasteiger partial charge in [-0.15, -0.1) is 11.3 Å². The van der Waals surface area contributed by atoms with E-state index in [1.165, 1.54) is 10.7 Å². The molecule has 5 heteroatoms. The summed E-state index contributed by atoms with van der Waals surface area (Å²) in [7, 11) is 0. The molecule has 1 aromatic rings. The molecule has 0 radical (unpaired) electrons. The van der Waals surface area contributed by atoms with Gasteiger partial charge < -0.3 is 10.1 Å². The lowest BCUT2D eigenvalue weighted by Gasteiger charge is -2.20. The lowest BCUT2D eigenvalue weighted by Crippen LogP contribution is -2.35. The Labute approximate surface area is 126 Å². The molecule has 1 saturated heterocycles. The fourth-order valence-corrected chi connectivity index (χ4v) is 3.02. The van der Waals surface area contributed by atoms with Gasteiger partial charge in [-0.3, -0.25) is 4.90 Å². The molecule has 0 aromatic carbocycles. The Kier molecular flexibility index (Phi) is 5.55. The summed E-state index contributed by atoms with van der Waals surface area (Å²) in [4.78, 5) is 7.19. The molecule has 4 nitrogen and oxygen atoms in total. The van der Waals surface area contributed by atoms with Crippen molar-refractivity contribution in [3.8, 4) is 0 Å². The van der Waals surface area contributed by atoms with Crippen LogP contribution in [-0.2, 0) is 17.8 Å². The van der Waals surface area contributed by atoms with Crippen molar-refractivity contribution in [1.82, 2.24) is 15.2 Å². The molecule has 1 aliphatic rings. The first-order valence-electron chi connectivity index (χ1n) is 7.45. The first-order valence-corrected chi connectivity index (χ1v) is 8.32. The Hall–Kier alpha value is -0.490. The summed E-state index contributed by atoms with van der Waals surface area (Å²) in [5.74, 6) is 0. The zero-order valence-electron chi connectivity index (χ0n) is 13.1. The molecule has 0 aliphatic carbocycles. The molecule has 1 fully saturated rings. The first kappa shape index (κ1) is 15.9. The molecule has 114 valence electrons. The maximum atomic E-state index is 5.68. The Morgan fingerprint density at radius 1 is 1.50 bits per heavy atom. The minimum atomic E-state index is 0.142. The van der Waals surface area contributed by atoms with Crippen LogP contribution in [-0.4, -0.2) is 41.2 Å². The Balaban J connectivity index is 1.85. The second-order valence-electron chi connectivity index (χ2n) is 6.61. The summed E-state index contributed by atoms with van der Waals surface area (Å²) in [5.41, 5.74) is 1.33. The van der Waals surface area contributed by atoms with Crippen LogP contribution in [0.25, 0.3) is 0 Å². The zero-order valence-corrected chi connectivity index (χ0v) is 13.9. The normalized spacial score (nSPS) is 21.9. The number of nitrogens with zero attached hydrogens (tertiary/aromatic N) is 2. The van der Waals surface area contributed by atoms with Gasteiger partial charge in [0.25, 0.3) is 0 Å². The van der Waals surface area contributed by atoms with E-state index in [9.17, 15) is 0 Å². The van der Waals surface area contributed by atoms with E-state index in [1.807, 2.05) is 0 Å². The second-order valence-corrected chi connectivity index (χ2v) is 7.55. The Morgan fingerprint density at radius 2 is 2.30 bits per heavy atom. The highest BCUT2D eigenvalue weighted by Gasteiger charge is 2.16. The standard InChI is InChI=1S/C15H27N3OS/c1-12-9-18(6-5-7-19-12)10-13-11-20-14(17-13)8-16-15(2,3)4/h11-12,16H,5-10H2,1-4H3. The number of ether oxygens (including phenoxy) is 1. The van der Waals surface area contributed by atoms with E-state index in [2.05, 4.69) is 43.3 Å². The van der Waals surface area contributed by atoms with Crippen LogP contribution in [0.15, 0.2) is 5.38 Å². The predicted molar refractivity (Wildman–Crippen MR) is 84.0 cm³/mol. The maximum Gasteiger partial charge on any atom is 0.107 e. The van der Waals surface area contributed by atoms with Gasteiger partial charge in [-0.2, -0.15) is 0 Å². The maximum absolute atomic E-state index is 5.68. The number of aromatic nitrogens is 1. The van der Waals surface area contributed by atoms with E-state index >= 15 is 0 Å². The van der Waals surface area contributed by atoms with Gasteiger partial charge in [-0.25, -0.2) is 4.98 Å². The Bertz CT molecular complexity index is 413. The molecule has 1 aromatic heterocycles. The van der Waals surface area contributed by atoms with Gasteiger partial charge in [0.2, 0.25) is 0 Å². The molecular formula is C15H27N3OS.